The first kappa shape index (κ1) is 17.8. The Balaban J connectivity index is 2.12. The van der Waals surface area contributed by atoms with Gasteiger partial charge in [-0.1, -0.05) is 12.1 Å². The molecule has 2 atom stereocenters. The van der Waals surface area contributed by atoms with Gasteiger partial charge >= 0.3 is 0 Å². The minimum absolute atomic E-state index is 0.00685. The zero-order valence-electron chi connectivity index (χ0n) is 14.1. The van der Waals surface area contributed by atoms with E-state index in [1.807, 2.05) is 43.0 Å². The number of thioether (sulfide) groups is 1. The first-order chi connectivity index (χ1) is 10.9. The number of rotatable bonds is 4. The van der Waals surface area contributed by atoms with Gasteiger partial charge in [-0.3, -0.25) is 9.59 Å². The van der Waals surface area contributed by atoms with Crippen molar-refractivity contribution >= 4 is 23.6 Å². The lowest BCUT2D eigenvalue weighted by molar-refractivity contribution is -0.125. The Morgan fingerprint density at radius 1 is 1.22 bits per heavy atom. The Bertz CT molecular complexity index is 567. The fraction of sp³-hybridized carbons (Fsp3) is 0.529. The maximum absolute atomic E-state index is 12.9. The minimum atomic E-state index is 0.00685. The zero-order valence-corrected chi connectivity index (χ0v) is 14.9. The van der Waals surface area contributed by atoms with Gasteiger partial charge in [0.25, 0.3) is 5.91 Å². The van der Waals surface area contributed by atoms with Crippen molar-refractivity contribution in [2.45, 2.75) is 31.0 Å². The highest BCUT2D eigenvalue weighted by Crippen LogP contribution is 2.25. The smallest absolute Gasteiger partial charge is 0.255 e. The molecular formula is C17H24N2O3S. The standard InChI is InChI=1S/C17H24N2O3S/c1-12-9-19(10-13(2)22-12)17(21)14-7-5-6-8-15(14)23-11-16(20)18(3)4/h5-8,12-13H,9-11H2,1-4H3. The summed E-state index contributed by atoms with van der Waals surface area (Å²) in [6, 6.07) is 7.48. The van der Waals surface area contributed by atoms with Crippen LogP contribution in [0.1, 0.15) is 24.2 Å². The third-order valence-electron chi connectivity index (χ3n) is 3.67. The van der Waals surface area contributed by atoms with Gasteiger partial charge in [0, 0.05) is 32.1 Å². The molecule has 1 aromatic rings. The number of carbonyl (C=O) groups is 2. The van der Waals surface area contributed by atoms with E-state index < -0.39 is 0 Å². The molecule has 0 bridgehead atoms. The molecule has 0 N–H and O–H groups in total. The molecule has 6 heteroatoms. The van der Waals surface area contributed by atoms with E-state index in [0.717, 1.165) is 4.90 Å². The molecule has 1 fully saturated rings. The fourth-order valence-corrected chi connectivity index (χ4v) is 3.57. The van der Waals surface area contributed by atoms with E-state index in [1.54, 1.807) is 19.0 Å². The summed E-state index contributed by atoms with van der Waals surface area (Å²) >= 11 is 1.41. The van der Waals surface area contributed by atoms with Crippen LogP contribution < -0.4 is 0 Å². The number of hydrogen-bond acceptors (Lipinski definition) is 4. The summed E-state index contributed by atoms with van der Waals surface area (Å²) in [5.74, 6) is 0.367. The van der Waals surface area contributed by atoms with Crippen molar-refractivity contribution in [2.75, 3.05) is 32.9 Å². The SMILES string of the molecule is CC1CN(C(=O)c2ccccc2SCC(=O)N(C)C)CC(C)O1. The Kier molecular flexibility index (Phi) is 6.07. The van der Waals surface area contributed by atoms with Crippen molar-refractivity contribution in [3.63, 3.8) is 0 Å². The molecule has 0 saturated carbocycles. The lowest BCUT2D eigenvalue weighted by Gasteiger charge is -2.35. The molecule has 1 heterocycles. The van der Waals surface area contributed by atoms with Crippen molar-refractivity contribution in [2.24, 2.45) is 0 Å². The van der Waals surface area contributed by atoms with Crippen molar-refractivity contribution in [1.82, 2.24) is 9.80 Å². The van der Waals surface area contributed by atoms with Gasteiger partial charge < -0.3 is 14.5 Å². The Hall–Kier alpha value is -1.53. The highest BCUT2D eigenvalue weighted by atomic mass is 32.2. The second-order valence-corrected chi connectivity index (χ2v) is 7.06. The number of nitrogens with zero attached hydrogens (tertiary/aromatic N) is 2. The van der Waals surface area contributed by atoms with Crippen LogP contribution in [0.3, 0.4) is 0 Å². The summed E-state index contributed by atoms with van der Waals surface area (Å²) in [5.41, 5.74) is 0.658. The lowest BCUT2D eigenvalue weighted by atomic mass is 10.1. The van der Waals surface area contributed by atoms with Crippen molar-refractivity contribution in [1.29, 1.82) is 0 Å². The van der Waals surface area contributed by atoms with Gasteiger partial charge in [-0.05, 0) is 26.0 Å². The third-order valence-corrected chi connectivity index (χ3v) is 4.73. The number of morpholine rings is 1. The van der Waals surface area contributed by atoms with E-state index >= 15 is 0 Å². The average Bonchev–Trinajstić information content (AvgIpc) is 2.51. The number of amides is 2. The summed E-state index contributed by atoms with van der Waals surface area (Å²) < 4.78 is 5.69. The van der Waals surface area contributed by atoms with E-state index in [-0.39, 0.29) is 24.0 Å². The molecule has 23 heavy (non-hydrogen) atoms. The molecule has 2 rings (SSSR count). The molecule has 1 saturated heterocycles. The van der Waals surface area contributed by atoms with Gasteiger partial charge in [-0.25, -0.2) is 0 Å². The molecule has 0 spiro atoms. The summed E-state index contributed by atoms with van der Waals surface area (Å²) in [6.07, 6.45) is 0.0793. The molecule has 0 aromatic heterocycles. The summed E-state index contributed by atoms with van der Waals surface area (Å²) in [4.78, 5) is 28.9. The minimum Gasteiger partial charge on any atom is -0.372 e. The maximum Gasteiger partial charge on any atom is 0.255 e. The fourth-order valence-electron chi connectivity index (χ4n) is 2.55. The molecule has 2 unspecified atom stereocenters. The van der Waals surface area contributed by atoms with Gasteiger partial charge in [0.2, 0.25) is 5.91 Å². The maximum atomic E-state index is 12.9. The molecule has 0 aliphatic carbocycles. The van der Waals surface area contributed by atoms with Crippen LogP contribution in [-0.4, -0.2) is 66.8 Å². The molecular weight excluding hydrogens is 312 g/mol. The van der Waals surface area contributed by atoms with E-state index in [0.29, 0.717) is 24.4 Å². The van der Waals surface area contributed by atoms with Crippen molar-refractivity contribution in [3.8, 4) is 0 Å². The Morgan fingerprint density at radius 2 is 1.83 bits per heavy atom. The van der Waals surface area contributed by atoms with Crippen LogP contribution in [-0.2, 0) is 9.53 Å². The number of hydrogen-bond donors (Lipinski definition) is 0. The van der Waals surface area contributed by atoms with Gasteiger partial charge in [-0.2, -0.15) is 0 Å². The van der Waals surface area contributed by atoms with Crippen LogP contribution in [0.4, 0.5) is 0 Å². The number of ether oxygens (including phenoxy) is 1. The zero-order chi connectivity index (χ0) is 17.0. The van der Waals surface area contributed by atoms with E-state index in [2.05, 4.69) is 0 Å². The number of carbonyl (C=O) groups excluding carboxylic acids is 2. The van der Waals surface area contributed by atoms with Crippen LogP contribution in [0.25, 0.3) is 0 Å². The van der Waals surface area contributed by atoms with Gasteiger partial charge in [-0.15, -0.1) is 11.8 Å². The number of benzene rings is 1. The largest absolute Gasteiger partial charge is 0.372 e. The van der Waals surface area contributed by atoms with Crippen LogP contribution >= 0.6 is 11.8 Å². The van der Waals surface area contributed by atoms with E-state index in [9.17, 15) is 9.59 Å². The van der Waals surface area contributed by atoms with Crippen LogP contribution in [0.15, 0.2) is 29.2 Å². The second-order valence-electron chi connectivity index (χ2n) is 6.04. The highest BCUT2D eigenvalue weighted by Gasteiger charge is 2.27. The Labute approximate surface area is 142 Å². The second kappa shape index (κ2) is 7.84. The predicted molar refractivity (Wildman–Crippen MR) is 91.8 cm³/mol. The molecule has 1 aromatic carbocycles. The Morgan fingerprint density at radius 3 is 2.43 bits per heavy atom. The van der Waals surface area contributed by atoms with Gasteiger partial charge in [0.05, 0.1) is 23.5 Å². The first-order valence-corrected chi connectivity index (χ1v) is 8.73. The monoisotopic (exact) mass is 336 g/mol. The van der Waals surface area contributed by atoms with Crippen LogP contribution in [0.2, 0.25) is 0 Å². The average molecular weight is 336 g/mol. The van der Waals surface area contributed by atoms with Crippen LogP contribution in [0.5, 0.6) is 0 Å². The molecule has 0 radical (unpaired) electrons. The topological polar surface area (TPSA) is 49.9 Å². The molecule has 126 valence electrons. The predicted octanol–water partition coefficient (Wildman–Crippen LogP) is 2.12. The van der Waals surface area contributed by atoms with E-state index in [4.69, 9.17) is 4.74 Å². The third kappa shape index (κ3) is 4.72. The quantitative estimate of drug-likeness (QED) is 0.790. The normalized spacial score (nSPS) is 21.1. The van der Waals surface area contributed by atoms with Crippen LogP contribution in [0, 0.1) is 0 Å². The van der Waals surface area contributed by atoms with Crippen molar-refractivity contribution in [3.05, 3.63) is 29.8 Å². The summed E-state index contributed by atoms with van der Waals surface area (Å²) in [5, 5.41) is 0. The van der Waals surface area contributed by atoms with E-state index in [1.165, 1.54) is 11.8 Å². The summed E-state index contributed by atoms with van der Waals surface area (Å²) in [7, 11) is 3.47. The molecule has 1 aliphatic rings. The molecule has 5 nitrogen and oxygen atoms in total. The highest BCUT2D eigenvalue weighted by molar-refractivity contribution is 8.00. The summed E-state index contributed by atoms with van der Waals surface area (Å²) in [6.45, 7) is 5.15. The first-order valence-electron chi connectivity index (χ1n) is 7.75. The molecule has 2 amide bonds. The van der Waals surface area contributed by atoms with Crippen molar-refractivity contribution < 1.29 is 14.3 Å². The molecule has 1 aliphatic heterocycles. The van der Waals surface area contributed by atoms with Gasteiger partial charge in [0.15, 0.2) is 0 Å². The van der Waals surface area contributed by atoms with Gasteiger partial charge in [0.1, 0.15) is 0 Å². The lowest BCUT2D eigenvalue weighted by Crippen LogP contribution is -2.48.